The number of piperidine rings is 1. The van der Waals surface area contributed by atoms with E-state index in [1.165, 1.54) is 6.42 Å². The van der Waals surface area contributed by atoms with Crippen LogP contribution in [0.5, 0.6) is 17.2 Å². The molecule has 3 heterocycles. The van der Waals surface area contributed by atoms with Crippen LogP contribution in [0.15, 0.2) is 42.3 Å². The van der Waals surface area contributed by atoms with Gasteiger partial charge in [-0.3, -0.25) is 9.69 Å². The number of fused-ring (bicyclic) bond motifs is 2. The van der Waals surface area contributed by atoms with E-state index in [0.717, 1.165) is 48.1 Å². The fourth-order valence-electron chi connectivity index (χ4n) is 4.99. The molecule has 5 rings (SSSR count). The number of phenols is 1. The second-order valence-corrected chi connectivity index (χ2v) is 8.95. The Morgan fingerprint density at radius 3 is 2.85 bits per heavy atom. The molecule has 0 radical (unpaired) electrons. The quantitative estimate of drug-likeness (QED) is 0.534. The number of ketones is 1. The first kappa shape index (κ1) is 21.6. The van der Waals surface area contributed by atoms with E-state index in [0.29, 0.717) is 29.5 Å². The van der Waals surface area contributed by atoms with Gasteiger partial charge in [-0.2, -0.15) is 0 Å². The van der Waals surface area contributed by atoms with E-state index < -0.39 is 0 Å². The van der Waals surface area contributed by atoms with Crippen molar-refractivity contribution in [1.29, 1.82) is 0 Å². The van der Waals surface area contributed by atoms with Crippen LogP contribution in [0.4, 0.5) is 0 Å². The van der Waals surface area contributed by atoms with Gasteiger partial charge in [0.2, 0.25) is 5.78 Å². The van der Waals surface area contributed by atoms with Crippen LogP contribution in [0, 0.1) is 0 Å². The van der Waals surface area contributed by atoms with Gasteiger partial charge in [0, 0.05) is 41.8 Å². The summed E-state index contributed by atoms with van der Waals surface area (Å²) in [6.45, 7) is 6.67. The third-order valence-corrected chi connectivity index (χ3v) is 6.96. The number of aromatic hydroxyl groups is 1. The maximum atomic E-state index is 13.2. The van der Waals surface area contributed by atoms with E-state index in [2.05, 4.69) is 23.3 Å². The summed E-state index contributed by atoms with van der Waals surface area (Å²) < 4.78 is 13.7. The first-order chi connectivity index (χ1) is 16.0. The fraction of sp³-hybridized carbons (Fsp3) is 0.370. The fourth-order valence-corrected chi connectivity index (χ4v) is 4.99. The van der Waals surface area contributed by atoms with E-state index in [-0.39, 0.29) is 17.3 Å². The molecule has 1 fully saturated rings. The Balaban J connectivity index is 1.53. The van der Waals surface area contributed by atoms with Crippen LogP contribution in [0.1, 0.15) is 54.6 Å². The van der Waals surface area contributed by atoms with Crippen molar-refractivity contribution in [2.24, 2.45) is 0 Å². The van der Waals surface area contributed by atoms with Crippen molar-refractivity contribution in [1.82, 2.24) is 9.47 Å². The number of Topliss-reactive ketones (excluding diaryl/α,β-unsaturated/α-hetero) is 1. The molecule has 2 aliphatic rings. The van der Waals surface area contributed by atoms with Crippen LogP contribution >= 0.6 is 0 Å². The van der Waals surface area contributed by atoms with Gasteiger partial charge in [-0.25, -0.2) is 0 Å². The van der Waals surface area contributed by atoms with Crippen LogP contribution < -0.4 is 9.47 Å². The molecule has 2 aliphatic heterocycles. The molecule has 33 heavy (non-hydrogen) atoms. The standard InChI is InChI=1S/C27H30N2O4/c1-4-28-15-18(21-14-19(32-3)8-10-23(21)28)13-25-26(31)20-9-11-24(30)22(27(20)33-25)16-29-12-6-5-7-17(29)2/h8-11,13-15,17,30H,4-7,12,16H2,1-3H3/t17-/m1/s1. The Morgan fingerprint density at radius 1 is 1.24 bits per heavy atom. The second kappa shape index (κ2) is 8.60. The molecule has 6 nitrogen and oxygen atoms in total. The van der Waals surface area contributed by atoms with Crippen LogP contribution in [-0.2, 0) is 13.1 Å². The van der Waals surface area contributed by atoms with E-state index in [9.17, 15) is 9.90 Å². The average Bonchev–Trinajstić information content (AvgIpc) is 3.34. The summed E-state index contributed by atoms with van der Waals surface area (Å²) in [5.41, 5.74) is 3.18. The number of aryl methyl sites for hydroxylation is 1. The highest BCUT2D eigenvalue weighted by atomic mass is 16.5. The minimum absolute atomic E-state index is 0.154. The first-order valence-corrected chi connectivity index (χ1v) is 11.7. The van der Waals surface area contributed by atoms with Gasteiger partial charge in [0.05, 0.1) is 18.2 Å². The van der Waals surface area contributed by atoms with E-state index >= 15 is 0 Å². The summed E-state index contributed by atoms with van der Waals surface area (Å²) in [5.74, 6) is 1.55. The van der Waals surface area contributed by atoms with Crippen LogP contribution in [0.3, 0.4) is 0 Å². The molecule has 0 bridgehead atoms. The number of methoxy groups -OCH3 is 1. The maximum absolute atomic E-state index is 13.2. The molecular weight excluding hydrogens is 416 g/mol. The van der Waals surface area contributed by atoms with Crippen molar-refractivity contribution >= 4 is 22.8 Å². The highest BCUT2D eigenvalue weighted by molar-refractivity contribution is 6.15. The van der Waals surface area contributed by atoms with Gasteiger partial charge in [-0.1, -0.05) is 6.42 Å². The van der Waals surface area contributed by atoms with Crippen molar-refractivity contribution in [2.45, 2.75) is 52.2 Å². The molecule has 1 aromatic heterocycles. The minimum atomic E-state index is -0.154. The number of carbonyl (C=O) groups is 1. The largest absolute Gasteiger partial charge is 0.507 e. The highest BCUT2D eigenvalue weighted by Gasteiger charge is 2.32. The lowest BCUT2D eigenvalue weighted by Gasteiger charge is -2.33. The number of likely N-dealkylation sites (tertiary alicyclic amines) is 1. The molecule has 0 amide bonds. The molecule has 0 saturated carbocycles. The number of hydrogen-bond donors (Lipinski definition) is 1. The average molecular weight is 447 g/mol. The van der Waals surface area contributed by atoms with Crippen LogP contribution in [0.2, 0.25) is 0 Å². The van der Waals surface area contributed by atoms with Crippen molar-refractivity contribution in [3.63, 3.8) is 0 Å². The maximum Gasteiger partial charge on any atom is 0.231 e. The topological polar surface area (TPSA) is 63.9 Å². The molecule has 3 aromatic rings. The van der Waals surface area contributed by atoms with Gasteiger partial charge < -0.3 is 19.1 Å². The number of benzene rings is 2. The zero-order valence-electron chi connectivity index (χ0n) is 19.4. The van der Waals surface area contributed by atoms with Crippen LogP contribution in [0.25, 0.3) is 17.0 Å². The molecule has 1 N–H and O–H groups in total. The Hall–Kier alpha value is -3.25. The number of phenolic OH excluding ortho intramolecular Hbond substituents is 1. The monoisotopic (exact) mass is 446 g/mol. The van der Waals surface area contributed by atoms with Gasteiger partial charge in [0.1, 0.15) is 17.2 Å². The molecule has 0 unspecified atom stereocenters. The highest BCUT2D eigenvalue weighted by Crippen LogP contribution is 2.41. The van der Waals surface area contributed by atoms with Crippen molar-refractivity contribution in [2.75, 3.05) is 13.7 Å². The van der Waals surface area contributed by atoms with Gasteiger partial charge in [0.25, 0.3) is 0 Å². The molecule has 6 heteroatoms. The number of allylic oxidation sites excluding steroid dienone is 1. The molecule has 0 spiro atoms. The van der Waals surface area contributed by atoms with Gasteiger partial charge >= 0.3 is 0 Å². The number of ether oxygens (including phenoxy) is 2. The third-order valence-electron chi connectivity index (χ3n) is 6.96. The summed E-state index contributed by atoms with van der Waals surface area (Å²) in [7, 11) is 1.65. The van der Waals surface area contributed by atoms with E-state index in [4.69, 9.17) is 9.47 Å². The van der Waals surface area contributed by atoms with Crippen molar-refractivity contribution in [3.8, 4) is 17.2 Å². The molecular formula is C27H30N2O4. The first-order valence-electron chi connectivity index (χ1n) is 11.7. The minimum Gasteiger partial charge on any atom is -0.507 e. The summed E-state index contributed by atoms with van der Waals surface area (Å²) in [6.07, 6.45) is 7.36. The SMILES string of the molecule is CCn1cc(C=C2Oc3c(ccc(O)c3CN3CCCC[C@H]3C)C2=O)c2cc(OC)ccc21. The number of aromatic nitrogens is 1. The van der Waals surface area contributed by atoms with Crippen molar-refractivity contribution in [3.05, 3.63) is 59.0 Å². The lowest BCUT2D eigenvalue weighted by atomic mass is 10.0. The van der Waals surface area contributed by atoms with E-state index in [1.54, 1.807) is 25.3 Å². The predicted octanol–water partition coefficient (Wildman–Crippen LogP) is 5.37. The molecule has 1 atom stereocenters. The van der Waals surface area contributed by atoms with Gasteiger partial charge in [-0.05, 0) is 69.6 Å². The predicted molar refractivity (Wildman–Crippen MR) is 129 cm³/mol. The van der Waals surface area contributed by atoms with Gasteiger partial charge in [-0.15, -0.1) is 0 Å². The summed E-state index contributed by atoms with van der Waals surface area (Å²) in [4.78, 5) is 15.6. The lowest BCUT2D eigenvalue weighted by Crippen LogP contribution is -2.36. The number of nitrogens with zero attached hydrogens (tertiary/aromatic N) is 2. The molecule has 0 aliphatic carbocycles. The summed E-state index contributed by atoms with van der Waals surface area (Å²) in [5, 5.41) is 11.6. The van der Waals surface area contributed by atoms with Crippen LogP contribution in [-0.4, -0.2) is 40.1 Å². The number of rotatable bonds is 5. The molecule has 1 saturated heterocycles. The Kier molecular flexibility index (Phi) is 5.62. The second-order valence-electron chi connectivity index (χ2n) is 8.95. The van der Waals surface area contributed by atoms with Crippen molar-refractivity contribution < 1.29 is 19.4 Å². The zero-order chi connectivity index (χ0) is 23.1. The summed E-state index contributed by atoms with van der Waals surface area (Å²) >= 11 is 0. The third kappa shape index (κ3) is 3.78. The lowest BCUT2D eigenvalue weighted by molar-refractivity contribution is 0.101. The Labute approximate surface area is 194 Å². The normalized spacial score (nSPS) is 19.8. The van der Waals surface area contributed by atoms with E-state index in [1.807, 2.05) is 24.4 Å². The molecule has 2 aromatic carbocycles. The number of carbonyl (C=O) groups excluding carboxylic acids is 1. The Morgan fingerprint density at radius 2 is 2.09 bits per heavy atom. The Bertz CT molecular complexity index is 1260. The molecule has 172 valence electrons. The summed E-state index contributed by atoms with van der Waals surface area (Å²) in [6, 6.07) is 9.67. The zero-order valence-corrected chi connectivity index (χ0v) is 19.4. The number of hydrogen-bond acceptors (Lipinski definition) is 5. The van der Waals surface area contributed by atoms with Gasteiger partial charge in [0.15, 0.2) is 5.76 Å². The smallest absolute Gasteiger partial charge is 0.231 e.